The molecule has 27 heavy (non-hydrogen) atoms. The average Bonchev–Trinajstić information content (AvgIpc) is 2.69. The third kappa shape index (κ3) is 5.26. The summed E-state index contributed by atoms with van der Waals surface area (Å²) in [5.41, 5.74) is 1.90. The van der Waals surface area contributed by atoms with Gasteiger partial charge in [-0.05, 0) is 24.7 Å². The van der Waals surface area contributed by atoms with Crippen molar-refractivity contribution in [2.45, 2.75) is 6.04 Å². The van der Waals surface area contributed by atoms with Crippen LogP contribution in [0.1, 0.15) is 17.2 Å². The molecule has 2 N–H and O–H groups in total. The van der Waals surface area contributed by atoms with E-state index in [0.29, 0.717) is 5.56 Å². The van der Waals surface area contributed by atoms with Gasteiger partial charge in [-0.15, -0.1) is 0 Å². The van der Waals surface area contributed by atoms with E-state index in [1.165, 1.54) is 5.56 Å². The fraction of sp³-hybridized carbons (Fsp3) is 0.263. The Morgan fingerprint density at radius 3 is 2.37 bits per heavy atom. The van der Waals surface area contributed by atoms with Crippen molar-refractivity contribution in [2.24, 2.45) is 0 Å². The maximum atomic E-state index is 9.33. The molecule has 8 heteroatoms. The summed E-state index contributed by atoms with van der Waals surface area (Å²) in [6.07, 6.45) is 1.76. The minimum atomic E-state index is -1.82. The largest absolute Gasteiger partial charge is 0.473 e. The van der Waals surface area contributed by atoms with Crippen molar-refractivity contribution in [3.05, 3.63) is 59.8 Å². The van der Waals surface area contributed by atoms with Crippen LogP contribution in [0.4, 0.5) is 5.82 Å². The van der Waals surface area contributed by atoms with Gasteiger partial charge in [0.25, 0.3) is 0 Å². The lowest BCUT2D eigenvalue weighted by Gasteiger charge is -2.41. The van der Waals surface area contributed by atoms with Gasteiger partial charge in [-0.1, -0.05) is 30.3 Å². The highest BCUT2D eigenvalue weighted by Crippen LogP contribution is 2.30. The number of aliphatic carboxylic acids is 2. The third-order valence-electron chi connectivity index (χ3n) is 4.13. The first kappa shape index (κ1) is 19.9. The number of rotatable bonds is 2. The molecule has 140 valence electrons. The van der Waals surface area contributed by atoms with E-state index >= 15 is 0 Å². The molecule has 0 bridgehead atoms. The number of hydrogen-bond donors (Lipinski definition) is 2. The van der Waals surface area contributed by atoms with E-state index in [1.807, 2.05) is 18.2 Å². The monoisotopic (exact) mass is 368 g/mol. The summed E-state index contributed by atoms with van der Waals surface area (Å²) < 4.78 is 0. The van der Waals surface area contributed by atoms with Gasteiger partial charge in [-0.3, -0.25) is 0 Å². The molecule has 1 aliphatic rings. The lowest BCUT2D eigenvalue weighted by atomic mass is 10.0. The van der Waals surface area contributed by atoms with Crippen LogP contribution in [0.15, 0.2) is 48.7 Å². The molecule has 0 amide bonds. The lowest BCUT2D eigenvalue weighted by molar-refractivity contribution is -0.159. The standard InChI is InChI=1S/C17H18N4.C2H2O4/c1-20-10-11-21(17-15(12-18)8-5-9-19-17)16(13-20)14-6-3-2-4-7-14;3-1(4)2(5)6/h2-9,16H,10-11,13H2,1H3;(H,3,4)(H,5,6). The van der Waals surface area contributed by atoms with E-state index in [2.05, 4.69) is 52.2 Å². The van der Waals surface area contributed by atoms with Crippen molar-refractivity contribution in [3.63, 3.8) is 0 Å². The second kappa shape index (κ2) is 9.31. The zero-order valence-electron chi connectivity index (χ0n) is 14.8. The van der Waals surface area contributed by atoms with E-state index in [0.717, 1.165) is 25.5 Å². The van der Waals surface area contributed by atoms with Crippen LogP contribution in [0.3, 0.4) is 0 Å². The summed E-state index contributed by atoms with van der Waals surface area (Å²) in [7, 11) is 2.14. The maximum absolute atomic E-state index is 9.33. The molecule has 0 spiro atoms. The van der Waals surface area contributed by atoms with Crippen molar-refractivity contribution < 1.29 is 19.8 Å². The molecule has 1 aromatic carbocycles. The normalized spacial score (nSPS) is 16.6. The Labute approximate surface area is 156 Å². The maximum Gasteiger partial charge on any atom is 0.414 e. The van der Waals surface area contributed by atoms with Crippen LogP contribution in [0, 0.1) is 11.3 Å². The number of nitriles is 1. The van der Waals surface area contributed by atoms with Gasteiger partial charge in [0.15, 0.2) is 0 Å². The average molecular weight is 368 g/mol. The molecule has 1 atom stereocenters. The molecule has 3 rings (SSSR count). The zero-order valence-corrected chi connectivity index (χ0v) is 14.8. The number of carboxylic acids is 2. The number of likely N-dealkylation sites (N-methyl/N-ethyl adjacent to an activating group) is 1. The summed E-state index contributed by atoms with van der Waals surface area (Å²) in [5, 5.41) is 24.1. The molecule has 1 fully saturated rings. The quantitative estimate of drug-likeness (QED) is 0.768. The fourth-order valence-electron chi connectivity index (χ4n) is 2.85. The summed E-state index contributed by atoms with van der Waals surface area (Å²) in [6.45, 7) is 2.79. The van der Waals surface area contributed by atoms with Gasteiger partial charge in [-0.2, -0.15) is 5.26 Å². The number of benzene rings is 1. The van der Waals surface area contributed by atoms with E-state index in [9.17, 15) is 5.26 Å². The zero-order chi connectivity index (χ0) is 19.8. The predicted octanol–water partition coefficient (Wildman–Crippen LogP) is 1.60. The van der Waals surface area contributed by atoms with Gasteiger partial charge >= 0.3 is 11.9 Å². The Morgan fingerprint density at radius 1 is 1.11 bits per heavy atom. The van der Waals surface area contributed by atoms with Gasteiger partial charge in [0.1, 0.15) is 11.9 Å². The first-order valence-electron chi connectivity index (χ1n) is 8.25. The van der Waals surface area contributed by atoms with Crippen molar-refractivity contribution in [1.82, 2.24) is 9.88 Å². The highest BCUT2D eigenvalue weighted by atomic mass is 16.4. The van der Waals surface area contributed by atoms with Crippen LogP contribution in [0.25, 0.3) is 0 Å². The van der Waals surface area contributed by atoms with Gasteiger partial charge < -0.3 is 20.0 Å². The summed E-state index contributed by atoms with van der Waals surface area (Å²) in [4.78, 5) is 27.2. The molecule has 1 aromatic heterocycles. The lowest BCUT2D eigenvalue weighted by Crippen LogP contribution is -2.47. The molecule has 1 aliphatic heterocycles. The molecule has 1 saturated heterocycles. The number of pyridine rings is 1. The molecule has 1 unspecified atom stereocenters. The first-order valence-corrected chi connectivity index (χ1v) is 8.25. The number of piperazine rings is 1. The summed E-state index contributed by atoms with van der Waals surface area (Å²) in [5.74, 6) is -2.85. The van der Waals surface area contributed by atoms with Crippen LogP contribution < -0.4 is 4.90 Å². The van der Waals surface area contributed by atoms with E-state index in [1.54, 1.807) is 6.20 Å². The summed E-state index contributed by atoms with van der Waals surface area (Å²) in [6, 6.07) is 16.6. The molecular weight excluding hydrogens is 348 g/mol. The number of anilines is 1. The Morgan fingerprint density at radius 2 is 1.78 bits per heavy atom. The van der Waals surface area contributed by atoms with Gasteiger partial charge in [0.05, 0.1) is 11.6 Å². The number of carboxylic acid groups (broad SMARTS) is 2. The number of hydrogen-bond acceptors (Lipinski definition) is 6. The van der Waals surface area contributed by atoms with E-state index in [4.69, 9.17) is 19.8 Å². The second-order valence-electron chi connectivity index (χ2n) is 5.98. The topological polar surface area (TPSA) is 118 Å². The molecule has 2 aromatic rings. The Balaban J connectivity index is 0.000000380. The highest BCUT2D eigenvalue weighted by Gasteiger charge is 2.28. The Bertz CT molecular complexity index is 823. The van der Waals surface area contributed by atoms with E-state index in [-0.39, 0.29) is 6.04 Å². The van der Waals surface area contributed by atoms with Gasteiger partial charge in [0, 0.05) is 25.8 Å². The number of carbonyl (C=O) groups is 2. The van der Waals surface area contributed by atoms with Crippen molar-refractivity contribution in [3.8, 4) is 6.07 Å². The fourth-order valence-corrected chi connectivity index (χ4v) is 2.85. The van der Waals surface area contributed by atoms with Crippen LogP contribution in [-0.4, -0.2) is 58.7 Å². The van der Waals surface area contributed by atoms with Crippen molar-refractivity contribution in [2.75, 3.05) is 31.6 Å². The van der Waals surface area contributed by atoms with Gasteiger partial charge in [0.2, 0.25) is 0 Å². The van der Waals surface area contributed by atoms with Crippen molar-refractivity contribution in [1.29, 1.82) is 5.26 Å². The number of nitrogens with zero attached hydrogens (tertiary/aromatic N) is 4. The third-order valence-corrected chi connectivity index (χ3v) is 4.13. The van der Waals surface area contributed by atoms with Gasteiger partial charge in [-0.25, -0.2) is 14.6 Å². The molecule has 0 saturated carbocycles. The van der Waals surface area contributed by atoms with Crippen LogP contribution in [0.5, 0.6) is 0 Å². The highest BCUT2D eigenvalue weighted by molar-refractivity contribution is 6.27. The molecule has 8 nitrogen and oxygen atoms in total. The minimum Gasteiger partial charge on any atom is -0.473 e. The smallest absolute Gasteiger partial charge is 0.414 e. The minimum absolute atomic E-state index is 0.229. The van der Waals surface area contributed by atoms with Crippen LogP contribution >= 0.6 is 0 Å². The molecule has 0 aliphatic carbocycles. The molecule has 2 heterocycles. The summed E-state index contributed by atoms with van der Waals surface area (Å²) >= 11 is 0. The number of aromatic nitrogens is 1. The Kier molecular flexibility index (Phi) is 6.86. The first-order chi connectivity index (χ1) is 12.9. The molecular formula is C19H20N4O4. The molecule has 0 radical (unpaired) electrons. The SMILES string of the molecule is CN1CCN(c2ncccc2C#N)C(c2ccccc2)C1.O=C(O)C(=O)O. The van der Waals surface area contributed by atoms with Crippen LogP contribution in [0.2, 0.25) is 0 Å². The Hall–Kier alpha value is -3.44. The van der Waals surface area contributed by atoms with Crippen molar-refractivity contribution >= 4 is 17.8 Å². The van der Waals surface area contributed by atoms with E-state index < -0.39 is 11.9 Å². The van der Waals surface area contributed by atoms with Crippen LogP contribution in [-0.2, 0) is 9.59 Å². The predicted molar refractivity (Wildman–Crippen MR) is 98.2 cm³/mol. The second-order valence-corrected chi connectivity index (χ2v) is 5.98.